The minimum absolute atomic E-state index is 0.323. The van der Waals surface area contributed by atoms with Crippen LogP contribution in [0.5, 0.6) is 0 Å². The molecule has 2 rings (SSSR count). The van der Waals surface area contributed by atoms with Gasteiger partial charge in [-0.05, 0) is 25.7 Å². The Labute approximate surface area is 103 Å². The summed E-state index contributed by atoms with van der Waals surface area (Å²) in [7, 11) is 0. The van der Waals surface area contributed by atoms with Crippen LogP contribution in [0.25, 0.3) is 0 Å². The third kappa shape index (κ3) is 3.33. The SMILES string of the molecule is NC(CN(C1CCCC1)C1CCOCC1)=NO. The number of hydrogen-bond acceptors (Lipinski definition) is 4. The first kappa shape index (κ1) is 12.6. The van der Waals surface area contributed by atoms with Crippen molar-refractivity contribution in [1.82, 2.24) is 4.90 Å². The maximum Gasteiger partial charge on any atom is 0.153 e. The molecular weight excluding hydrogens is 218 g/mol. The van der Waals surface area contributed by atoms with Crippen LogP contribution in [0, 0.1) is 0 Å². The average Bonchev–Trinajstić information content (AvgIpc) is 2.90. The van der Waals surface area contributed by atoms with Crippen LogP contribution in [0.2, 0.25) is 0 Å². The van der Waals surface area contributed by atoms with Crippen molar-refractivity contribution in [2.24, 2.45) is 10.9 Å². The highest BCUT2D eigenvalue weighted by Crippen LogP contribution is 2.27. The normalized spacial score (nSPS) is 24.6. The van der Waals surface area contributed by atoms with E-state index >= 15 is 0 Å². The molecule has 1 aliphatic carbocycles. The Hall–Kier alpha value is -0.810. The molecule has 2 fully saturated rings. The Kier molecular flexibility index (Phi) is 4.62. The maximum absolute atomic E-state index is 8.74. The monoisotopic (exact) mass is 241 g/mol. The van der Waals surface area contributed by atoms with Crippen molar-refractivity contribution in [1.29, 1.82) is 0 Å². The second-order valence-corrected chi connectivity index (χ2v) is 5.05. The Morgan fingerprint density at radius 3 is 2.35 bits per heavy atom. The van der Waals surface area contributed by atoms with Gasteiger partial charge in [0.05, 0.1) is 6.54 Å². The van der Waals surface area contributed by atoms with Gasteiger partial charge in [-0.1, -0.05) is 18.0 Å². The van der Waals surface area contributed by atoms with Crippen molar-refractivity contribution in [3.63, 3.8) is 0 Å². The van der Waals surface area contributed by atoms with Gasteiger partial charge in [0.2, 0.25) is 0 Å². The molecule has 3 N–H and O–H groups in total. The standard InChI is InChI=1S/C12H23N3O2/c13-12(14-16)9-15(10-3-1-2-4-10)11-5-7-17-8-6-11/h10-11,16H,1-9H2,(H2,13,14). The molecule has 5 heteroatoms. The third-order valence-electron chi connectivity index (χ3n) is 3.93. The minimum Gasteiger partial charge on any atom is -0.409 e. The number of oxime groups is 1. The van der Waals surface area contributed by atoms with E-state index in [-0.39, 0.29) is 0 Å². The zero-order valence-electron chi connectivity index (χ0n) is 10.3. The van der Waals surface area contributed by atoms with Crippen molar-refractivity contribution in [2.45, 2.75) is 50.6 Å². The number of ether oxygens (including phenoxy) is 1. The fraction of sp³-hybridized carbons (Fsp3) is 0.917. The third-order valence-corrected chi connectivity index (χ3v) is 3.93. The van der Waals surface area contributed by atoms with Gasteiger partial charge in [-0.2, -0.15) is 0 Å². The summed E-state index contributed by atoms with van der Waals surface area (Å²) in [6.45, 7) is 2.26. The molecular formula is C12H23N3O2. The van der Waals surface area contributed by atoms with Gasteiger partial charge in [0, 0.05) is 25.3 Å². The second-order valence-electron chi connectivity index (χ2n) is 5.05. The van der Waals surface area contributed by atoms with Gasteiger partial charge in [0.15, 0.2) is 5.84 Å². The molecule has 1 saturated carbocycles. The van der Waals surface area contributed by atoms with Crippen LogP contribution in [0.3, 0.4) is 0 Å². The first-order valence-electron chi connectivity index (χ1n) is 6.61. The topological polar surface area (TPSA) is 71.1 Å². The van der Waals surface area contributed by atoms with E-state index in [9.17, 15) is 0 Å². The number of hydrogen-bond donors (Lipinski definition) is 2. The Morgan fingerprint density at radius 2 is 1.76 bits per heavy atom. The summed E-state index contributed by atoms with van der Waals surface area (Å²) in [6, 6.07) is 1.14. The lowest BCUT2D eigenvalue weighted by Gasteiger charge is -2.38. The molecule has 1 heterocycles. The first-order chi connectivity index (χ1) is 8.31. The summed E-state index contributed by atoms with van der Waals surface area (Å²) in [5, 5.41) is 11.9. The van der Waals surface area contributed by atoms with Crippen molar-refractivity contribution in [3.8, 4) is 0 Å². The highest BCUT2D eigenvalue weighted by Gasteiger charge is 2.30. The van der Waals surface area contributed by atoms with Crippen LogP contribution < -0.4 is 5.73 Å². The van der Waals surface area contributed by atoms with Gasteiger partial charge in [0.1, 0.15) is 0 Å². The first-order valence-corrected chi connectivity index (χ1v) is 6.61. The summed E-state index contributed by atoms with van der Waals surface area (Å²) in [4.78, 5) is 2.44. The fourth-order valence-electron chi connectivity index (χ4n) is 3.03. The number of nitrogens with two attached hydrogens (primary N) is 1. The molecule has 0 amide bonds. The molecule has 1 aliphatic heterocycles. The van der Waals surface area contributed by atoms with E-state index in [1.54, 1.807) is 0 Å². The van der Waals surface area contributed by atoms with Gasteiger partial charge < -0.3 is 15.7 Å². The average molecular weight is 241 g/mol. The smallest absolute Gasteiger partial charge is 0.153 e. The van der Waals surface area contributed by atoms with E-state index < -0.39 is 0 Å². The lowest BCUT2D eigenvalue weighted by molar-refractivity contribution is 0.0243. The molecule has 0 atom stereocenters. The minimum atomic E-state index is 0.323. The molecule has 5 nitrogen and oxygen atoms in total. The van der Waals surface area contributed by atoms with Crippen LogP contribution in [-0.4, -0.2) is 47.8 Å². The Morgan fingerprint density at radius 1 is 1.18 bits per heavy atom. The number of rotatable bonds is 4. The summed E-state index contributed by atoms with van der Waals surface area (Å²) in [5.74, 6) is 0.323. The van der Waals surface area contributed by atoms with E-state index in [2.05, 4.69) is 10.1 Å². The van der Waals surface area contributed by atoms with Crippen LogP contribution in [0.4, 0.5) is 0 Å². The highest BCUT2D eigenvalue weighted by atomic mass is 16.5. The molecule has 0 aromatic rings. The second kappa shape index (κ2) is 6.21. The van der Waals surface area contributed by atoms with E-state index in [4.69, 9.17) is 15.7 Å². The van der Waals surface area contributed by atoms with E-state index in [0.29, 0.717) is 24.5 Å². The van der Waals surface area contributed by atoms with E-state index in [1.165, 1.54) is 25.7 Å². The van der Waals surface area contributed by atoms with Crippen LogP contribution in [0.15, 0.2) is 5.16 Å². The summed E-state index contributed by atoms with van der Waals surface area (Å²) in [6.07, 6.45) is 7.23. The Balaban J connectivity index is 1.99. The molecule has 0 aromatic heterocycles. The number of nitrogens with zero attached hydrogens (tertiary/aromatic N) is 2. The van der Waals surface area contributed by atoms with Gasteiger partial charge in [-0.3, -0.25) is 4.90 Å². The van der Waals surface area contributed by atoms with Crippen molar-refractivity contribution in [3.05, 3.63) is 0 Å². The molecule has 1 saturated heterocycles. The van der Waals surface area contributed by atoms with Crippen molar-refractivity contribution < 1.29 is 9.94 Å². The number of amidine groups is 1. The molecule has 0 bridgehead atoms. The van der Waals surface area contributed by atoms with Gasteiger partial charge >= 0.3 is 0 Å². The zero-order chi connectivity index (χ0) is 12.1. The van der Waals surface area contributed by atoms with Gasteiger partial charge in [-0.15, -0.1) is 0 Å². The summed E-state index contributed by atoms with van der Waals surface area (Å²) < 4.78 is 5.41. The van der Waals surface area contributed by atoms with Gasteiger partial charge in [-0.25, -0.2) is 0 Å². The molecule has 17 heavy (non-hydrogen) atoms. The maximum atomic E-state index is 8.74. The Bertz CT molecular complexity index is 258. The molecule has 0 radical (unpaired) electrons. The fourth-order valence-corrected chi connectivity index (χ4v) is 3.03. The highest BCUT2D eigenvalue weighted by molar-refractivity contribution is 5.81. The summed E-state index contributed by atoms with van der Waals surface area (Å²) in [5.41, 5.74) is 5.68. The zero-order valence-corrected chi connectivity index (χ0v) is 10.3. The van der Waals surface area contributed by atoms with E-state index in [0.717, 1.165) is 26.1 Å². The van der Waals surface area contributed by atoms with Crippen molar-refractivity contribution >= 4 is 5.84 Å². The van der Waals surface area contributed by atoms with Gasteiger partial charge in [0.25, 0.3) is 0 Å². The van der Waals surface area contributed by atoms with Crippen LogP contribution in [-0.2, 0) is 4.74 Å². The lowest BCUT2D eigenvalue weighted by atomic mass is 10.0. The predicted molar refractivity (Wildman–Crippen MR) is 66.2 cm³/mol. The molecule has 0 spiro atoms. The largest absolute Gasteiger partial charge is 0.409 e. The quantitative estimate of drug-likeness (QED) is 0.335. The van der Waals surface area contributed by atoms with E-state index in [1.807, 2.05) is 0 Å². The molecule has 0 unspecified atom stereocenters. The van der Waals surface area contributed by atoms with Crippen LogP contribution in [0.1, 0.15) is 38.5 Å². The van der Waals surface area contributed by atoms with Crippen LogP contribution >= 0.6 is 0 Å². The molecule has 98 valence electrons. The van der Waals surface area contributed by atoms with Crippen molar-refractivity contribution in [2.75, 3.05) is 19.8 Å². The lowest BCUT2D eigenvalue weighted by Crippen LogP contribution is -2.48. The predicted octanol–water partition coefficient (Wildman–Crippen LogP) is 1.16. The summed E-state index contributed by atoms with van der Waals surface area (Å²) >= 11 is 0. The molecule has 0 aromatic carbocycles. The molecule has 2 aliphatic rings.